The minimum absolute atomic E-state index is 0.0435. The highest BCUT2D eigenvalue weighted by Crippen LogP contribution is 2.24. The second kappa shape index (κ2) is 6.47. The number of hydrogen-bond acceptors (Lipinski definition) is 4. The van der Waals surface area contributed by atoms with Gasteiger partial charge in [0.25, 0.3) is 5.69 Å². The van der Waals surface area contributed by atoms with Crippen LogP contribution in [0.1, 0.15) is 38.2 Å². The van der Waals surface area contributed by atoms with Crippen LogP contribution in [-0.2, 0) is 0 Å². The number of benzene rings is 1. The normalized spacial score (nSPS) is 16.0. The number of non-ortho nitro benzene ring substituents is 1. The number of rotatable bonds is 6. The van der Waals surface area contributed by atoms with Crippen LogP contribution in [-0.4, -0.2) is 27.3 Å². The lowest BCUT2D eigenvalue weighted by atomic mass is 9.92. The van der Waals surface area contributed by atoms with Crippen molar-refractivity contribution in [1.29, 1.82) is 0 Å². The van der Waals surface area contributed by atoms with E-state index in [2.05, 4.69) is 0 Å². The minimum Gasteiger partial charge on any atom is -0.390 e. The summed E-state index contributed by atoms with van der Waals surface area (Å²) in [7, 11) is 0. The SMILES string of the molecule is CCC(O)C(O)CC(C)c1ccc([N+](=O)[O-])cc1. The lowest BCUT2D eigenvalue weighted by Gasteiger charge is -2.20. The molecule has 0 aliphatic carbocycles. The van der Waals surface area contributed by atoms with Crippen molar-refractivity contribution in [3.8, 4) is 0 Å². The molecule has 0 fully saturated rings. The van der Waals surface area contributed by atoms with Crippen molar-refractivity contribution in [2.45, 2.75) is 44.8 Å². The highest BCUT2D eigenvalue weighted by Gasteiger charge is 2.18. The van der Waals surface area contributed by atoms with Crippen LogP contribution >= 0.6 is 0 Å². The van der Waals surface area contributed by atoms with E-state index in [9.17, 15) is 20.3 Å². The highest BCUT2D eigenvalue weighted by molar-refractivity contribution is 5.34. The summed E-state index contributed by atoms with van der Waals surface area (Å²) < 4.78 is 0. The van der Waals surface area contributed by atoms with Gasteiger partial charge in [-0.3, -0.25) is 10.1 Å². The Morgan fingerprint density at radius 2 is 1.78 bits per heavy atom. The molecule has 1 rings (SSSR count). The van der Waals surface area contributed by atoms with E-state index in [-0.39, 0.29) is 11.6 Å². The van der Waals surface area contributed by atoms with Gasteiger partial charge in [-0.1, -0.05) is 26.0 Å². The smallest absolute Gasteiger partial charge is 0.269 e. The lowest BCUT2D eigenvalue weighted by molar-refractivity contribution is -0.384. The molecule has 100 valence electrons. The van der Waals surface area contributed by atoms with Gasteiger partial charge in [0.1, 0.15) is 0 Å². The molecule has 5 nitrogen and oxygen atoms in total. The zero-order chi connectivity index (χ0) is 13.7. The molecule has 0 saturated carbocycles. The fraction of sp³-hybridized carbons (Fsp3) is 0.538. The molecule has 2 N–H and O–H groups in total. The molecular formula is C13H19NO4. The molecule has 0 aliphatic heterocycles. The number of nitrogens with zero attached hydrogens (tertiary/aromatic N) is 1. The Bertz CT molecular complexity index is 390. The van der Waals surface area contributed by atoms with E-state index in [1.165, 1.54) is 12.1 Å². The van der Waals surface area contributed by atoms with Crippen LogP contribution in [0.4, 0.5) is 5.69 Å². The van der Waals surface area contributed by atoms with Crippen LogP contribution in [0.25, 0.3) is 0 Å². The van der Waals surface area contributed by atoms with E-state index in [0.717, 1.165) is 5.56 Å². The number of hydrogen-bond donors (Lipinski definition) is 2. The molecule has 0 aliphatic rings. The molecule has 0 radical (unpaired) electrons. The van der Waals surface area contributed by atoms with Gasteiger partial charge in [0.2, 0.25) is 0 Å². The summed E-state index contributed by atoms with van der Waals surface area (Å²) in [5.74, 6) is 0.0435. The zero-order valence-electron chi connectivity index (χ0n) is 10.6. The Kier molecular flexibility index (Phi) is 5.25. The number of nitro benzene ring substituents is 1. The zero-order valence-corrected chi connectivity index (χ0v) is 10.6. The van der Waals surface area contributed by atoms with Gasteiger partial charge in [0, 0.05) is 12.1 Å². The molecular weight excluding hydrogens is 234 g/mol. The Morgan fingerprint density at radius 1 is 1.22 bits per heavy atom. The first-order valence-corrected chi connectivity index (χ1v) is 6.06. The first kappa shape index (κ1) is 14.6. The van der Waals surface area contributed by atoms with Gasteiger partial charge in [-0.05, 0) is 24.3 Å². The Morgan fingerprint density at radius 3 is 2.22 bits per heavy atom. The van der Waals surface area contributed by atoms with E-state index in [0.29, 0.717) is 12.8 Å². The average Bonchev–Trinajstić information content (AvgIpc) is 2.37. The fourth-order valence-corrected chi connectivity index (χ4v) is 1.85. The molecule has 5 heteroatoms. The molecule has 18 heavy (non-hydrogen) atoms. The van der Waals surface area contributed by atoms with Crippen molar-refractivity contribution < 1.29 is 15.1 Å². The largest absolute Gasteiger partial charge is 0.390 e. The molecule has 1 aromatic carbocycles. The summed E-state index contributed by atoms with van der Waals surface area (Å²) in [6, 6.07) is 6.28. The van der Waals surface area contributed by atoms with E-state index >= 15 is 0 Å². The van der Waals surface area contributed by atoms with Gasteiger partial charge in [0.05, 0.1) is 17.1 Å². The van der Waals surface area contributed by atoms with Crippen LogP contribution in [0.3, 0.4) is 0 Å². The van der Waals surface area contributed by atoms with E-state index < -0.39 is 17.1 Å². The van der Waals surface area contributed by atoms with Crippen molar-refractivity contribution in [3.63, 3.8) is 0 Å². The Hall–Kier alpha value is -1.46. The van der Waals surface area contributed by atoms with E-state index in [1.54, 1.807) is 12.1 Å². The standard InChI is InChI=1S/C13H19NO4/c1-3-12(15)13(16)8-9(2)10-4-6-11(7-5-10)14(17)18/h4-7,9,12-13,15-16H,3,8H2,1-2H3. The highest BCUT2D eigenvalue weighted by atomic mass is 16.6. The first-order valence-electron chi connectivity index (χ1n) is 6.06. The van der Waals surface area contributed by atoms with Gasteiger partial charge in [-0.25, -0.2) is 0 Å². The second-order valence-corrected chi connectivity index (χ2v) is 4.53. The quantitative estimate of drug-likeness (QED) is 0.601. The molecule has 0 heterocycles. The second-order valence-electron chi connectivity index (χ2n) is 4.53. The van der Waals surface area contributed by atoms with E-state index in [1.807, 2.05) is 13.8 Å². The third-order valence-corrected chi connectivity index (χ3v) is 3.13. The van der Waals surface area contributed by atoms with Crippen LogP contribution in [0, 0.1) is 10.1 Å². The summed E-state index contributed by atoms with van der Waals surface area (Å²) in [5, 5.41) is 29.8. The Balaban J connectivity index is 2.66. The number of nitro groups is 1. The fourth-order valence-electron chi connectivity index (χ4n) is 1.85. The van der Waals surface area contributed by atoms with Crippen LogP contribution < -0.4 is 0 Å². The summed E-state index contributed by atoms with van der Waals surface area (Å²) in [4.78, 5) is 10.1. The molecule has 3 atom stereocenters. The first-order chi connectivity index (χ1) is 8.45. The maximum Gasteiger partial charge on any atom is 0.269 e. The molecule has 1 aromatic rings. The number of aliphatic hydroxyl groups is 2. The van der Waals surface area contributed by atoms with Gasteiger partial charge in [-0.15, -0.1) is 0 Å². The van der Waals surface area contributed by atoms with Crippen molar-refractivity contribution in [3.05, 3.63) is 39.9 Å². The van der Waals surface area contributed by atoms with E-state index in [4.69, 9.17) is 0 Å². The van der Waals surface area contributed by atoms with Gasteiger partial charge >= 0.3 is 0 Å². The van der Waals surface area contributed by atoms with Crippen molar-refractivity contribution in [1.82, 2.24) is 0 Å². The average molecular weight is 253 g/mol. The monoisotopic (exact) mass is 253 g/mol. The predicted molar refractivity (Wildman–Crippen MR) is 68.4 cm³/mol. The van der Waals surface area contributed by atoms with Crippen molar-refractivity contribution in [2.24, 2.45) is 0 Å². The maximum absolute atomic E-state index is 10.5. The molecule has 3 unspecified atom stereocenters. The lowest BCUT2D eigenvalue weighted by Crippen LogP contribution is -2.26. The van der Waals surface area contributed by atoms with Crippen molar-refractivity contribution >= 4 is 5.69 Å². The number of aliphatic hydroxyl groups excluding tert-OH is 2. The Labute approximate surface area is 106 Å². The van der Waals surface area contributed by atoms with Crippen LogP contribution in [0.5, 0.6) is 0 Å². The summed E-state index contributed by atoms with van der Waals surface area (Å²) in [5.41, 5.74) is 0.975. The third kappa shape index (κ3) is 3.78. The maximum atomic E-state index is 10.5. The van der Waals surface area contributed by atoms with Gasteiger partial charge in [0.15, 0.2) is 0 Å². The van der Waals surface area contributed by atoms with Crippen LogP contribution in [0.15, 0.2) is 24.3 Å². The summed E-state index contributed by atoms with van der Waals surface area (Å²) >= 11 is 0. The summed E-state index contributed by atoms with van der Waals surface area (Å²) in [6.45, 7) is 3.73. The predicted octanol–water partition coefficient (Wildman–Crippen LogP) is 2.22. The topological polar surface area (TPSA) is 83.6 Å². The molecule has 0 saturated heterocycles. The third-order valence-electron chi connectivity index (χ3n) is 3.13. The molecule has 0 amide bonds. The van der Waals surface area contributed by atoms with Gasteiger partial charge in [-0.2, -0.15) is 0 Å². The molecule has 0 bridgehead atoms. The van der Waals surface area contributed by atoms with Crippen molar-refractivity contribution in [2.75, 3.05) is 0 Å². The van der Waals surface area contributed by atoms with Crippen LogP contribution in [0.2, 0.25) is 0 Å². The molecule has 0 spiro atoms. The minimum atomic E-state index is -0.764. The van der Waals surface area contributed by atoms with Gasteiger partial charge < -0.3 is 10.2 Å². The summed E-state index contributed by atoms with van der Waals surface area (Å²) in [6.07, 6.45) is -0.535. The molecule has 0 aromatic heterocycles.